The molecule has 1 atom stereocenters. The molecule has 0 bridgehead atoms. The van der Waals surface area contributed by atoms with E-state index in [1.54, 1.807) is 60.7 Å². The van der Waals surface area contributed by atoms with Crippen molar-refractivity contribution in [3.8, 4) is 17.2 Å². The van der Waals surface area contributed by atoms with Gasteiger partial charge in [-0.15, -0.1) is 11.8 Å². The SMILES string of the molecule is CC(Sc1ccc(NC(=O)/C(=C/c2ccc(OCc3ccccc3)cc2)NC(=O)c2ccccc2)cc1)C(=O)Nc1ccc2c(c1)OCO2. The molecule has 5 aromatic rings. The number of benzene rings is 5. The highest BCUT2D eigenvalue weighted by molar-refractivity contribution is 8.00. The second-order valence-electron chi connectivity index (χ2n) is 11.0. The molecule has 246 valence electrons. The zero-order chi connectivity index (χ0) is 34.0. The molecular formula is C39H33N3O6S. The van der Waals surface area contributed by atoms with Crippen LogP contribution in [0.25, 0.3) is 6.08 Å². The third-order valence-corrected chi connectivity index (χ3v) is 8.51. The predicted molar refractivity (Wildman–Crippen MR) is 191 cm³/mol. The fourth-order valence-corrected chi connectivity index (χ4v) is 5.67. The van der Waals surface area contributed by atoms with Gasteiger partial charge in [0.25, 0.3) is 11.8 Å². The molecule has 3 N–H and O–H groups in total. The maximum Gasteiger partial charge on any atom is 0.272 e. The van der Waals surface area contributed by atoms with Gasteiger partial charge in [-0.3, -0.25) is 14.4 Å². The van der Waals surface area contributed by atoms with Crippen LogP contribution in [0.3, 0.4) is 0 Å². The standard InChI is InChI=1S/C39H33N3O6S/c1-26(37(43)41-31-16-21-35-36(23-31)48-25-47-35)49-33-19-14-30(15-20-33)40-39(45)34(42-38(44)29-10-6-3-7-11-29)22-27-12-17-32(18-13-27)46-24-28-8-4-2-5-9-28/h2-23,26H,24-25H2,1H3,(H,40,45)(H,41,43)(H,42,44)/b34-22-. The van der Waals surface area contributed by atoms with Crippen LogP contribution in [0.1, 0.15) is 28.4 Å². The van der Waals surface area contributed by atoms with Gasteiger partial charge >= 0.3 is 0 Å². The Bertz CT molecular complexity index is 1950. The maximum atomic E-state index is 13.5. The second kappa shape index (κ2) is 15.7. The van der Waals surface area contributed by atoms with E-state index < -0.39 is 17.1 Å². The minimum Gasteiger partial charge on any atom is -0.489 e. The first-order valence-corrected chi connectivity index (χ1v) is 16.4. The largest absolute Gasteiger partial charge is 0.489 e. The molecule has 10 heteroatoms. The van der Waals surface area contributed by atoms with Crippen molar-refractivity contribution in [2.75, 3.05) is 17.4 Å². The Balaban J connectivity index is 1.10. The fourth-order valence-electron chi connectivity index (χ4n) is 4.80. The number of thioether (sulfide) groups is 1. The summed E-state index contributed by atoms with van der Waals surface area (Å²) in [6.07, 6.45) is 1.61. The van der Waals surface area contributed by atoms with Crippen LogP contribution in [0.4, 0.5) is 11.4 Å². The van der Waals surface area contributed by atoms with Gasteiger partial charge in [-0.25, -0.2) is 0 Å². The average molecular weight is 672 g/mol. The Morgan fingerprint density at radius 3 is 2.18 bits per heavy atom. The van der Waals surface area contributed by atoms with E-state index in [0.717, 1.165) is 10.5 Å². The van der Waals surface area contributed by atoms with Crippen molar-refractivity contribution < 1.29 is 28.6 Å². The zero-order valence-electron chi connectivity index (χ0n) is 26.6. The van der Waals surface area contributed by atoms with Gasteiger partial charge in [0.05, 0.1) is 5.25 Å². The molecule has 5 aromatic carbocycles. The van der Waals surface area contributed by atoms with Crippen molar-refractivity contribution in [1.29, 1.82) is 0 Å². The molecule has 1 heterocycles. The van der Waals surface area contributed by atoms with E-state index in [4.69, 9.17) is 14.2 Å². The first kappa shape index (κ1) is 32.9. The van der Waals surface area contributed by atoms with Crippen LogP contribution in [-0.2, 0) is 16.2 Å². The van der Waals surface area contributed by atoms with Gasteiger partial charge in [-0.05, 0) is 84.8 Å². The van der Waals surface area contributed by atoms with Crippen molar-refractivity contribution in [3.05, 3.63) is 150 Å². The van der Waals surface area contributed by atoms with E-state index in [1.807, 2.05) is 79.7 Å². The summed E-state index contributed by atoms with van der Waals surface area (Å²) in [5.41, 5.74) is 3.39. The van der Waals surface area contributed by atoms with Crippen LogP contribution in [-0.4, -0.2) is 29.8 Å². The van der Waals surface area contributed by atoms with E-state index in [0.29, 0.717) is 46.4 Å². The first-order valence-electron chi connectivity index (χ1n) is 15.5. The number of hydrogen-bond donors (Lipinski definition) is 3. The highest BCUT2D eigenvalue weighted by Crippen LogP contribution is 2.34. The average Bonchev–Trinajstić information content (AvgIpc) is 3.61. The van der Waals surface area contributed by atoms with Gasteiger partial charge in [-0.2, -0.15) is 0 Å². The lowest BCUT2D eigenvalue weighted by Gasteiger charge is -2.14. The van der Waals surface area contributed by atoms with Crippen LogP contribution in [0.2, 0.25) is 0 Å². The smallest absolute Gasteiger partial charge is 0.272 e. The molecule has 0 spiro atoms. The molecule has 1 unspecified atom stereocenters. The van der Waals surface area contributed by atoms with Gasteiger partial charge in [0.2, 0.25) is 12.7 Å². The summed E-state index contributed by atoms with van der Waals surface area (Å²) in [5.74, 6) is 0.845. The molecular weight excluding hydrogens is 639 g/mol. The minimum atomic E-state index is -0.495. The third kappa shape index (κ3) is 9.09. The van der Waals surface area contributed by atoms with E-state index >= 15 is 0 Å². The molecule has 49 heavy (non-hydrogen) atoms. The molecule has 3 amide bonds. The zero-order valence-corrected chi connectivity index (χ0v) is 27.4. The molecule has 0 aliphatic carbocycles. The number of carbonyl (C=O) groups is 3. The lowest BCUT2D eigenvalue weighted by molar-refractivity contribution is -0.115. The van der Waals surface area contributed by atoms with Gasteiger partial charge < -0.3 is 30.2 Å². The number of ether oxygens (including phenoxy) is 3. The Morgan fingerprint density at radius 2 is 1.45 bits per heavy atom. The van der Waals surface area contributed by atoms with Crippen LogP contribution in [0.5, 0.6) is 17.2 Å². The number of hydrogen-bond acceptors (Lipinski definition) is 7. The molecule has 1 aliphatic heterocycles. The molecule has 9 nitrogen and oxygen atoms in total. The number of nitrogens with one attached hydrogen (secondary N) is 3. The lowest BCUT2D eigenvalue weighted by atomic mass is 10.1. The number of amides is 3. The summed E-state index contributed by atoms with van der Waals surface area (Å²) in [7, 11) is 0. The molecule has 6 rings (SSSR count). The summed E-state index contributed by atoms with van der Waals surface area (Å²) in [6.45, 7) is 2.41. The van der Waals surface area contributed by atoms with Crippen LogP contribution >= 0.6 is 11.8 Å². The van der Waals surface area contributed by atoms with E-state index in [9.17, 15) is 14.4 Å². The Morgan fingerprint density at radius 1 is 0.776 bits per heavy atom. The highest BCUT2D eigenvalue weighted by Gasteiger charge is 2.19. The summed E-state index contributed by atoms with van der Waals surface area (Å²) in [5, 5.41) is 8.14. The van der Waals surface area contributed by atoms with E-state index in [1.165, 1.54) is 11.8 Å². The summed E-state index contributed by atoms with van der Waals surface area (Å²) in [6, 6.07) is 38.2. The quantitative estimate of drug-likeness (QED) is 0.0929. The monoisotopic (exact) mass is 671 g/mol. The van der Waals surface area contributed by atoms with Crippen LogP contribution in [0.15, 0.2) is 138 Å². The minimum absolute atomic E-state index is 0.0686. The van der Waals surface area contributed by atoms with E-state index in [2.05, 4.69) is 16.0 Å². The molecule has 0 aromatic heterocycles. The number of fused-ring (bicyclic) bond motifs is 1. The van der Waals surface area contributed by atoms with Crippen molar-refractivity contribution in [1.82, 2.24) is 5.32 Å². The molecule has 0 fully saturated rings. The Labute approximate surface area is 288 Å². The van der Waals surface area contributed by atoms with Gasteiger partial charge in [-0.1, -0.05) is 60.7 Å². The summed E-state index contributed by atoms with van der Waals surface area (Å²) in [4.78, 5) is 40.2. The van der Waals surface area contributed by atoms with E-state index in [-0.39, 0.29) is 18.4 Å². The summed E-state index contributed by atoms with van der Waals surface area (Å²) < 4.78 is 16.6. The van der Waals surface area contributed by atoms with Gasteiger partial charge in [0.1, 0.15) is 18.1 Å². The highest BCUT2D eigenvalue weighted by atomic mass is 32.2. The Hall–Kier alpha value is -6.00. The number of rotatable bonds is 12. The van der Waals surface area contributed by atoms with Crippen molar-refractivity contribution in [2.45, 2.75) is 23.7 Å². The topological polar surface area (TPSA) is 115 Å². The first-order chi connectivity index (χ1) is 23.9. The molecule has 0 saturated heterocycles. The van der Waals surface area contributed by atoms with Crippen LogP contribution in [0, 0.1) is 0 Å². The third-order valence-electron chi connectivity index (χ3n) is 7.40. The van der Waals surface area contributed by atoms with Crippen molar-refractivity contribution >= 4 is 46.9 Å². The number of anilines is 2. The second-order valence-corrected chi connectivity index (χ2v) is 12.4. The summed E-state index contributed by atoms with van der Waals surface area (Å²) >= 11 is 1.38. The molecule has 0 radical (unpaired) electrons. The normalized spacial score (nSPS) is 12.5. The van der Waals surface area contributed by atoms with Crippen molar-refractivity contribution in [2.24, 2.45) is 0 Å². The molecule has 1 aliphatic rings. The molecule has 0 saturated carbocycles. The van der Waals surface area contributed by atoms with Gasteiger partial charge in [0, 0.05) is 27.9 Å². The van der Waals surface area contributed by atoms with Crippen molar-refractivity contribution in [3.63, 3.8) is 0 Å². The van der Waals surface area contributed by atoms with Gasteiger partial charge in [0.15, 0.2) is 11.5 Å². The Kier molecular flexibility index (Phi) is 10.6. The van der Waals surface area contributed by atoms with Crippen LogP contribution < -0.4 is 30.2 Å². The lowest BCUT2D eigenvalue weighted by Crippen LogP contribution is -2.30. The maximum absolute atomic E-state index is 13.5. The predicted octanol–water partition coefficient (Wildman–Crippen LogP) is 7.52. The fraction of sp³-hybridized carbons (Fsp3) is 0.103. The number of carbonyl (C=O) groups excluding carboxylic acids is 3.